The molecule has 0 saturated carbocycles. The monoisotopic (exact) mass is 271 g/mol. The molecule has 3 N–H and O–H groups in total. The topological polar surface area (TPSA) is 116 Å². The Morgan fingerprint density at radius 2 is 2.05 bits per heavy atom. The molecule has 1 rings (SSSR count). The molecule has 1 aliphatic heterocycles. The van der Waals surface area contributed by atoms with Crippen LogP contribution in [-0.2, 0) is 14.4 Å². The van der Waals surface area contributed by atoms with E-state index in [2.05, 4.69) is 10.6 Å². The van der Waals surface area contributed by atoms with Crippen molar-refractivity contribution in [3.05, 3.63) is 0 Å². The molecule has 0 spiro atoms. The average Bonchev–Trinajstić information content (AvgIpc) is 2.56. The van der Waals surface area contributed by atoms with E-state index in [1.54, 1.807) is 6.92 Å². The number of urea groups is 1. The number of nitrogens with zero attached hydrogens (tertiary/aromatic N) is 1. The van der Waals surface area contributed by atoms with Gasteiger partial charge in [0.25, 0.3) is 5.91 Å². The zero-order valence-corrected chi connectivity index (χ0v) is 11.0. The highest BCUT2D eigenvalue weighted by molar-refractivity contribution is 6.06. The lowest BCUT2D eigenvalue weighted by atomic mass is 10.00. The van der Waals surface area contributed by atoms with Gasteiger partial charge in [-0.25, -0.2) is 9.59 Å². The highest BCUT2D eigenvalue weighted by Crippen LogP contribution is 2.12. The molecule has 106 valence electrons. The van der Waals surface area contributed by atoms with E-state index >= 15 is 0 Å². The number of carboxylic acid groups (broad SMARTS) is 1. The molecule has 1 aliphatic rings. The summed E-state index contributed by atoms with van der Waals surface area (Å²) < 4.78 is 0. The van der Waals surface area contributed by atoms with Crippen molar-refractivity contribution in [3.8, 4) is 0 Å². The van der Waals surface area contributed by atoms with E-state index in [0.717, 1.165) is 4.90 Å². The van der Waals surface area contributed by atoms with Gasteiger partial charge in [-0.15, -0.1) is 0 Å². The quantitative estimate of drug-likeness (QED) is 0.584. The Morgan fingerprint density at radius 1 is 1.47 bits per heavy atom. The summed E-state index contributed by atoms with van der Waals surface area (Å²) in [5, 5.41) is 13.6. The van der Waals surface area contributed by atoms with Gasteiger partial charge in [0, 0.05) is 7.05 Å². The van der Waals surface area contributed by atoms with Gasteiger partial charge in [0.05, 0.1) is 6.42 Å². The van der Waals surface area contributed by atoms with E-state index in [1.165, 1.54) is 14.0 Å². The lowest BCUT2D eigenvalue weighted by Gasteiger charge is -2.25. The molecule has 0 aromatic heterocycles. The van der Waals surface area contributed by atoms with Crippen molar-refractivity contribution in [2.24, 2.45) is 0 Å². The van der Waals surface area contributed by atoms with Crippen molar-refractivity contribution in [1.82, 2.24) is 15.5 Å². The number of carbonyl (C=O) groups is 4. The van der Waals surface area contributed by atoms with Gasteiger partial charge in [-0.05, 0) is 13.3 Å². The van der Waals surface area contributed by atoms with Crippen LogP contribution in [0.1, 0.15) is 26.7 Å². The summed E-state index contributed by atoms with van der Waals surface area (Å²) in [6.07, 6.45) is 0.0753. The van der Waals surface area contributed by atoms with Crippen LogP contribution >= 0.6 is 0 Å². The molecule has 2 atom stereocenters. The standard InChI is InChI=1S/C11H17N3O5/c1-4-11(2,9(17)18)13-10(19)12-6-5-7(15)14(3)8(6)16/h6H,4-5H2,1-3H3,(H,17,18)(H2,12,13,19). The Hall–Kier alpha value is -2.12. The van der Waals surface area contributed by atoms with E-state index in [0.29, 0.717) is 0 Å². The minimum atomic E-state index is -1.42. The largest absolute Gasteiger partial charge is 0.480 e. The van der Waals surface area contributed by atoms with Gasteiger partial charge in [0.2, 0.25) is 5.91 Å². The first-order valence-electron chi connectivity index (χ1n) is 5.83. The lowest BCUT2D eigenvalue weighted by molar-refractivity contribution is -0.143. The van der Waals surface area contributed by atoms with Gasteiger partial charge in [-0.1, -0.05) is 6.92 Å². The number of nitrogens with one attached hydrogen (secondary N) is 2. The zero-order chi connectivity index (χ0) is 14.8. The van der Waals surface area contributed by atoms with Crippen LogP contribution in [0.3, 0.4) is 0 Å². The fraction of sp³-hybridized carbons (Fsp3) is 0.636. The Balaban J connectivity index is 2.64. The third-order valence-electron chi connectivity index (χ3n) is 3.26. The van der Waals surface area contributed by atoms with Crippen molar-refractivity contribution in [2.75, 3.05) is 7.05 Å². The number of likely N-dealkylation sites (N-methyl/N-ethyl adjacent to an activating group) is 1. The first kappa shape index (κ1) is 14.9. The Morgan fingerprint density at radius 3 is 2.42 bits per heavy atom. The maximum absolute atomic E-state index is 11.7. The Labute approximate surface area is 110 Å². The third-order valence-corrected chi connectivity index (χ3v) is 3.26. The maximum Gasteiger partial charge on any atom is 0.329 e. The molecule has 2 unspecified atom stereocenters. The first-order chi connectivity index (χ1) is 8.71. The van der Waals surface area contributed by atoms with Crippen LogP contribution in [0, 0.1) is 0 Å². The first-order valence-corrected chi connectivity index (χ1v) is 5.83. The van der Waals surface area contributed by atoms with Crippen LogP contribution in [0.15, 0.2) is 0 Å². The molecule has 1 saturated heterocycles. The fourth-order valence-corrected chi connectivity index (χ4v) is 1.61. The van der Waals surface area contributed by atoms with Gasteiger partial charge >= 0.3 is 12.0 Å². The van der Waals surface area contributed by atoms with Crippen LogP contribution in [0.25, 0.3) is 0 Å². The number of hydrogen-bond donors (Lipinski definition) is 3. The van der Waals surface area contributed by atoms with E-state index in [-0.39, 0.29) is 18.7 Å². The van der Waals surface area contributed by atoms with Crippen LogP contribution in [0.2, 0.25) is 0 Å². The van der Waals surface area contributed by atoms with Crippen LogP contribution in [-0.4, -0.2) is 52.4 Å². The second-order valence-corrected chi connectivity index (χ2v) is 4.64. The molecule has 4 amide bonds. The second-order valence-electron chi connectivity index (χ2n) is 4.64. The maximum atomic E-state index is 11.7. The smallest absolute Gasteiger partial charge is 0.329 e. The number of hydrogen-bond acceptors (Lipinski definition) is 4. The summed E-state index contributed by atoms with van der Waals surface area (Å²) in [7, 11) is 1.33. The molecular formula is C11H17N3O5. The average molecular weight is 271 g/mol. The molecule has 1 heterocycles. The molecule has 0 aromatic carbocycles. The van der Waals surface area contributed by atoms with Gasteiger partial charge < -0.3 is 15.7 Å². The van der Waals surface area contributed by atoms with Crippen molar-refractivity contribution in [2.45, 2.75) is 38.3 Å². The molecule has 0 bridgehead atoms. The molecule has 8 heteroatoms. The SMILES string of the molecule is CCC(C)(NC(=O)NC1CC(=O)N(C)C1=O)C(=O)O. The molecule has 1 fully saturated rings. The lowest BCUT2D eigenvalue weighted by Crippen LogP contribution is -2.57. The molecule has 0 aromatic rings. The summed E-state index contributed by atoms with van der Waals surface area (Å²) in [6, 6.07) is -1.72. The second kappa shape index (κ2) is 5.25. The van der Waals surface area contributed by atoms with Crippen LogP contribution in [0.5, 0.6) is 0 Å². The van der Waals surface area contributed by atoms with Gasteiger partial charge in [0.15, 0.2) is 0 Å². The van der Waals surface area contributed by atoms with Crippen molar-refractivity contribution in [3.63, 3.8) is 0 Å². The van der Waals surface area contributed by atoms with Gasteiger partial charge in [-0.3, -0.25) is 14.5 Å². The Bertz CT molecular complexity index is 436. The Kier molecular flexibility index (Phi) is 4.13. The van der Waals surface area contributed by atoms with E-state index < -0.39 is 29.5 Å². The third kappa shape index (κ3) is 3.01. The van der Waals surface area contributed by atoms with Gasteiger partial charge in [0.1, 0.15) is 11.6 Å². The highest BCUT2D eigenvalue weighted by Gasteiger charge is 2.39. The van der Waals surface area contributed by atoms with E-state index in [4.69, 9.17) is 5.11 Å². The molecule has 0 aliphatic carbocycles. The minimum absolute atomic E-state index is 0.112. The predicted octanol–water partition coefficient (Wildman–Crippen LogP) is -0.704. The summed E-state index contributed by atoms with van der Waals surface area (Å²) in [6.45, 7) is 2.98. The summed E-state index contributed by atoms with van der Waals surface area (Å²) in [4.78, 5) is 46.5. The number of aliphatic carboxylic acids is 1. The number of carbonyl (C=O) groups excluding carboxylic acids is 3. The molecular weight excluding hydrogens is 254 g/mol. The minimum Gasteiger partial charge on any atom is -0.480 e. The molecule has 0 radical (unpaired) electrons. The van der Waals surface area contributed by atoms with Crippen LogP contribution < -0.4 is 10.6 Å². The number of amides is 4. The number of likely N-dealkylation sites (tertiary alicyclic amines) is 1. The molecule has 19 heavy (non-hydrogen) atoms. The summed E-state index contributed by atoms with van der Waals surface area (Å²) in [5.74, 6) is -2.06. The van der Waals surface area contributed by atoms with Crippen molar-refractivity contribution >= 4 is 23.8 Å². The number of carboxylic acids is 1. The van der Waals surface area contributed by atoms with Crippen molar-refractivity contribution < 1.29 is 24.3 Å². The summed E-state index contributed by atoms with van der Waals surface area (Å²) in [5.41, 5.74) is -1.42. The fourth-order valence-electron chi connectivity index (χ4n) is 1.61. The molecule has 8 nitrogen and oxygen atoms in total. The number of imide groups is 1. The van der Waals surface area contributed by atoms with Crippen molar-refractivity contribution in [1.29, 1.82) is 0 Å². The van der Waals surface area contributed by atoms with Crippen LogP contribution in [0.4, 0.5) is 4.79 Å². The van der Waals surface area contributed by atoms with E-state index in [9.17, 15) is 19.2 Å². The zero-order valence-electron chi connectivity index (χ0n) is 11.0. The number of rotatable bonds is 4. The predicted molar refractivity (Wildman–Crippen MR) is 64.2 cm³/mol. The van der Waals surface area contributed by atoms with Gasteiger partial charge in [-0.2, -0.15) is 0 Å². The highest BCUT2D eigenvalue weighted by atomic mass is 16.4. The van der Waals surface area contributed by atoms with E-state index in [1.807, 2.05) is 0 Å². The summed E-state index contributed by atoms with van der Waals surface area (Å²) >= 11 is 0. The normalized spacial score (nSPS) is 22.1.